The summed E-state index contributed by atoms with van der Waals surface area (Å²) in [6.45, 7) is 3.87. The number of rotatable bonds is 4. The molecule has 3 N–H and O–H groups in total. The third kappa shape index (κ3) is 4.74. The van der Waals surface area contributed by atoms with Crippen LogP contribution in [0, 0.1) is 11.6 Å². The first-order valence-electron chi connectivity index (χ1n) is 6.53. The molecule has 0 amide bonds. The van der Waals surface area contributed by atoms with E-state index < -0.39 is 0 Å². The van der Waals surface area contributed by atoms with Gasteiger partial charge in [-0.2, -0.15) is 0 Å². The van der Waals surface area contributed by atoms with Crippen LogP contribution < -0.4 is 15.4 Å². The second-order valence-corrected chi connectivity index (χ2v) is 4.92. The number of nitrogens with one attached hydrogen (secondary N) is 3. The number of anilines is 1. The smallest absolute Gasteiger partial charge is 0.177 e. The lowest BCUT2D eigenvalue weighted by molar-refractivity contribution is 0.241. The van der Waals surface area contributed by atoms with E-state index in [1.165, 1.54) is 12.4 Å². The molecule has 0 aliphatic carbocycles. The summed E-state index contributed by atoms with van der Waals surface area (Å²) in [6.07, 6.45) is 7.30. The van der Waals surface area contributed by atoms with E-state index in [0.29, 0.717) is 17.3 Å². The monoisotopic (exact) mass is 315 g/mol. The van der Waals surface area contributed by atoms with Gasteiger partial charge in [0.05, 0.1) is 12.3 Å². The highest BCUT2D eigenvalue weighted by atomic mass is 32.1. The Balaban J connectivity index is 1.92. The normalized spacial score (nSPS) is 10.1. The van der Waals surface area contributed by atoms with Crippen LogP contribution in [0.3, 0.4) is 0 Å². The Hall–Kier alpha value is -2.61. The number of hydrogen-bond acceptors (Lipinski definition) is 6. The Morgan fingerprint density at radius 1 is 1.32 bits per heavy atom. The van der Waals surface area contributed by atoms with Crippen LogP contribution >= 0.6 is 12.2 Å². The van der Waals surface area contributed by atoms with Crippen molar-refractivity contribution in [3.05, 3.63) is 42.6 Å². The van der Waals surface area contributed by atoms with E-state index in [1.54, 1.807) is 18.3 Å². The maximum atomic E-state index is 7.95. The Bertz CT molecular complexity index is 644. The first kappa shape index (κ1) is 15.8. The molecular weight excluding hydrogens is 300 g/mol. The lowest BCUT2D eigenvalue weighted by atomic mass is 10.3. The Morgan fingerprint density at radius 2 is 2.14 bits per heavy atom. The van der Waals surface area contributed by atoms with Crippen molar-refractivity contribution in [2.75, 3.05) is 5.32 Å². The zero-order valence-corrected chi connectivity index (χ0v) is 12.9. The zero-order chi connectivity index (χ0) is 15.9. The van der Waals surface area contributed by atoms with E-state index in [0.717, 1.165) is 0 Å². The van der Waals surface area contributed by atoms with Crippen LogP contribution in [0.2, 0.25) is 0 Å². The highest BCUT2D eigenvalue weighted by Gasteiger charge is 2.07. The number of pyridine rings is 1. The van der Waals surface area contributed by atoms with Gasteiger partial charge in [-0.05, 0) is 38.2 Å². The van der Waals surface area contributed by atoms with Gasteiger partial charge in [-0.25, -0.2) is 15.0 Å². The third-order valence-electron chi connectivity index (χ3n) is 2.35. The van der Waals surface area contributed by atoms with Crippen molar-refractivity contribution in [3.8, 4) is 5.75 Å². The molecule has 1 radical (unpaired) electrons. The van der Waals surface area contributed by atoms with Crippen LogP contribution in [-0.4, -0.2) is 32.0 Å². The molecule has 8 heteroatoms. The minimum atomic E-state index is 0.0671. The molecule has 2 aromatic rings. The highest BCUT2D eigenvalue weighted by Crippen LogP contribution is 2.11. The van der Waals surface area contributed by atoms with Crippen molar-refractivity contribution >= 4 is 29.0 Å². The summed E-state index contributed by atoms with van der Waals surface area (Å²) in [5, 5.41) is 13.7. The van der Waals surface area contributed by atoms with Gasteiger partial charge in [-0.1, -0.05) is 0 Å². The minimum Gasteiger partial charge on any atom is -0.489 e. The van der Waals surface area contributed by atoms with E-state index in [9.17, 15) is 0 Å². The van der Waals surface area contributed by atoms with Crippen molar-refractivity contribution in [1.82, 2.24) is 20.3 Å². The molecule has 0 aliphatic heterocycles. The molecule has 0 aliphatic rings. The summed E-state index contributed by atoms with van der Waals surface area (Å²) >= 11 is 5.09. The Labute approximate surface area is 133 Å². The van der Waals surface area contributed by atoms with Crippen molar-refractivity contribution in [2.45, 2.75) is 20.0 Å². The van der Waals surface area contributed by atoms with Crippen molar-refractivity contribution < 1.29 is 4.74 Å². The molecule has 7 nitrogen and oxygen atoms in total. The quantitative estimate of drug-likeness (QED) is 0.449. The summed E-state index contributed by atoms with van der Waals surface area (Å²) in [7, 11) is 0. The van der Waals surface area contributed by atoms with Crippen LogP contribution in [0.25, 0.3) is 0 Å². The summed E-state index contributed by atoms with van der Waals surface area (Å²) in [5.74, 6) is 1.10. The molecule has 0 spiro atoms. The molecule has 22 heavy (non-hydrogen) atoms. The lowest BCUT2D eigenvalue weighted by Gasteiger charge is -2.11. The lowest BCUT2D eigenvalue weighted by Crippen LogP contribution is -2.34. The standard InChI is InChI=1S/C14H15N6OS/c1-9(2)21-10-3-4-11(18-7-10)13(15)20-14(22)19-12-8-16-5-6-17-12/h3-7,9H,1-2H3,(H3,15,17,19,20,22). The number of thiocarbonyl (C=S) groups is 1. The average Bonchev–Trinajstić information content (AvgIpc) is 2.48. The molecule has 0 aromatic carbocycles. The van der Waals surface area contributed by atoms with Crippen LogP contribution in [0.1, 0.15) is 19.5 Å². The largest absolute Gasteiger partial charge is 0.489 e. The predicted octanol–water partition coefficient (Wildman–Crippen LogP) is 1.77. The molecule has 0 fully saturated rings. The summed E-state index contributed by atoms with van der Waals surface area (Å²) in [6, 6.07) is 3.44. The van der Waals surface area contributed by atoms with Gasteiger partial charge >= 0.3 is 0 Å². The van der Waals surface area contributed by atoms with Gasteiger partial charge < -0.3 is 15.4 Å². The van der Waals surface area contributed by atoms with Crippen LogP contribution in [0.15, 0.2) is 30.7 Å². The van der Waals surface area contributed by atoms with Gasteiger partial charge in [0.15, 0.2) is 16.8 Å². The number of aromatic nitrogens is 3. The highest BCUT2D eigenvalue weighted by molar-refractivity contribution is 7.80. The van der Waals surface area contributed by atoms with Crippen molar-refractivity contribution in [1.29, 1.82) is 5.41 Å². The fourth-order valence-electron chi connectivity index (χ4n) is 1.52. The van der Waals surface area contributed by atoms with E-state index >= 15 is 0 Å². The first-order valence-corrected chi connectivity index (χ1v) is 6.94. The average molecular weight is 315 g/mol. The summed E-state index contributed by atoms with van der Waals surface area (Å²) in [5.41, 5.74) is 0.448. The SMILES string of the molecule is CC(C)Oc1ccc(C(=N)NC(=S)Nc2[c]nccn2)nc1. The summed E-state index contributed by atoms with van der Waals surface area (Å²) in [4.78, 5) is 11.9. The Morgan fingerprint density at radius 3 is 2.73 bits per heavy atom. The molecule has 113 valence electrons. The maximum Gasteiger partial charge on any atom is 0.177 e. The number of amidine groups is 1. The van der Waals surface area contributed by atoms with Crippen LogP contribution in [-0.2, 0) is 0 Å². The van der Waals surface area contributed by atoms with Gasteiger partial charge in [0, 0.05) is 12.4 Å². The maximum absolute atomic E-state index is 7.95. The molecule has 2 aromatic heterocycles. The topological polar surface area (TPSA) is 95.8 Å². The first-order chi connectivity index (χ1) is 10.5. The predicted molar refractivity (Wildman–Crippen MR) is 87.1 cm³/mol. The number of hydrogen-bond donors (Lipinski definition) is 3. The molecule has 2 rings (SSSR count). The zero-order valence-electron chi connectivity index (χ0n) is 12.1. The van der Waals surface area contributed by atoms with E-state index in [4.69, 9.17) is 22.4 Å². The van der Waals surface area contributed by atoms with E-state index in [2.05, 4.69) is 31.8 Å². The van der Waals surface area contributed by atoms with Gasteiger partial charge in [0.25, 0.3) is 0 Å². The fraction of sp³-hybridized carbons (Fsp3) is 0.214. The molecule has 0 bridgehead atoms. The molecule has 0 atom stereocenters. The number of ether oxygens (including phenoxy) is 1. The van der Waals surface area contributed by atoms with Gasteiger partial charge in [0.1, 0.15) is 17.6 Å². The summed E-state index contributed by atoms with van der Waals surface area (Å²) < 4.78 is 5.50. The number of nitrogens with zero attached hydrogens (tertiary/aromatic N) is 3. The molecule has 0 saturated heterocycles. The van der Waals surface area contributed by atoms with Crippen LogP contribution in [0.5, 0.6) is 5.75 Å². The van der Waals surface area contributed by atoms with E-state index in [-0.39, 0.29) is 17.1 Å². The van der Waals surface area contributed by atoms with E-state index in [1.807, 2.05) is 13.8 Å². The van der Waals surface area contributed by atoms with Gasteiger partial charge in [-0.15, -0.1) is 0 Å². The fourth-order valence-corrected chi connectivity index (χ4v) is 1.71. The van der Waals surface area contributed by atoms with Crippen LogP contribution in [0.4, 0.5) is 5.82 Å². The second-order valence-electron chi connectivity index (χ2n) is 4.52. The Kier molecular flexibility index (Phi) is 5.31. The van der Waals surface area contributed by atoms with Crippen molar-refractivity contribution in [3.63, 3.8) is 0 Å². The van der Waals surface area contributed by atoms with Gasteiger partial charge in [0.2, 0.25) is 0 Å². The molecule has 0 unspecified atom stereocenters. The molecular formula is C14H15N6OS. The molecule has 2 heterocycles. The molecule has 0 saturated carbocycles. The van der Waals surface area contributed by atoms with Gasteiger partial charge in [-0.3, -0.25) is 5.41 Å². The second kappa shape index (κ2) is 7.41. The minimum absolute atomic E-state index is 0.0671. The third-order valence-corrected chi connectivity index (χ3v) is 2.55. The van der Waals surface area contributed by atoms with Crippen molar-refractivity contribution in [2.24, 2.45) is 0 Å².